The van der Waals surface area contributed by atoms with E-state index in [-0.39, 0.29) is 23.6 Å². The lowest BCUT2D eigenvalue weighted by molar-refractivity contribution is -0.142. The predicted octanol–water partition coefficient (Wildman–Crippen LogP) is 3.53. The molecule has 0 saturated carbocycles. The fourth-order valence-electron chi connectivity index (χ4n) is 2.51. The molecular formula is C17H20F5N5. The molecule has 2 aromatic rings. The standard InChI is InChI=1S/C17H20F5N5/c1-4-23-16(25-10(2)13-6-5-12(18)7-14(13)19)24-8-11-9-27(3)26-15(11)17(20,21)22/h5-7,9-10H,4,8H2,1-3H3,(H2,23,24,25). The maximum Gasteiger partial charge on any atom is 0.435 e. The molecule has 0 saturated heterocycles. The Morgan fingerprint density at radius 3 is 2.59 bits per heavy atom. The molecule has 1 atom stereocenters. The van der Waals surface area contributed by atoms with Gasteiger partial charge in [-0.3, -0.25) is 4.68 Å². The first-order valence-electron chi connectivity index (χ1n) is 8.21. The van der Waals surface area contributed by atoms with Gasteiger partial charge in [-0.1, -0.05) is 6.07 Å². The maximum absolute atomic E-state index is 13.9. The zero-order chi connectivity index (χ0) is 20.2. The molecule has 0 aliphatic rings. The monoisotopic (exact) mass is 389 g/mol. The fraction of sp³-hybridized carbons (Fsp3) is 0.412. The molecule has 1 heterocycles. The van der Waals surface area contributed by atoms with Crippen LogP contribution in [0.15, 0.2) is 29.4 Å². The summed E-state index contributed by atoms with van der Waals surface area (Å²) < 4.78 is 67.1. The maximum atomic E-state index is 13.9. The lowest BCUT2D eigenvalue weighted by atomic mass is 10.1. The summed E-state index contributed by atoms with van der Waals surface area (Å²) in [5.74, 6) is -1.22. The zero-order valence-corrected chi connectivity index (χ0v) is 15.0. The molecule has 1 unspecified atom stereocenters. The number of guanidine groups is 1. The number of halogens is 5. The Morgan fingerprint density at radius 1 is 1.30 bits per heavy atom. The topological polar surface area (TPSA) is 54.2 Å². The average Bonchev–Trinajstić information content (AvgIpc) is 2.94. The van der Waals surface area contributed by atoms with Crippen LogP contribution in [-0.2, 0) is 19.8 Å². The smallest absolute Gasteiger partial charge is 0.357 e. The van der Waals surface area contributed by atoms with Gasteiger partial charge < -0.3 is 10.6 Å². The highest BCUT2D eigenvalue weighted by atomic mass is 19.4. The summed E-state index contributed by atoms with van der Waals surface area (Å²) in [6, 6.07) is 2.61. The predicted molar refractivity (Wildman–Crippen MR) is 90.9 cm³/mol. The number of hydrogen-bond acceptors (Lipinski definition) is 2. The Kier molecular flexibility index (Phi) is 6.40. The van der Waals surface area contributed by atoms with E-state index in [1.165, 1.54) is 19.3 Å². The van der Waals surface area contributed by atoms with E-state index >= 15 is 0 Å². The van der Waals surface area contributed by atoms with E-state index in [4.69, 9.17) is 0 Å². The number of rotatable bonds is 5. The Hall–Kier alpha value is -2.65. The molecule has 10 heteroatoms. The second-order valence-corrected chi connectivity index (χ2v) is 5.90. The van der Waals surface area contributed by atoms with E-state index in [2.05, 4.69) is 20.7 Å². The van der Waals surface area contributed by atoms with Crippen molar-refractivity contribution in [3.05, 3.63) is 52.9 Å². The molecule has 5 nitrogen and oxygen atoms in total. The molecule has 27 heavy (non-hydrogen) atoms. The Morgan fingerprint density at radius 2 is 2.00 bits per heavy atom. The summed E-state index contributed by atoms with van der Waals surface area (Å²) in [5.41, 5.74) is -0.871. The van der Waals surface area contributed by atoms with Crippen LogP contribution in [0.2, 0.25) is 0 Å². The van der Waals surface area contributed by atoms with Crippen molar-refractivity contribution in [3.63, 3.8) is 0 Å². The lowest BCUT2D eigenvalue weighted by Gasteiger charge is -2.18. The van der Waals surface area contributed by atoms with Gasteiger partial charge in [0.15, 0.2) is 11.7 Å². The summed E-state index contributed by atoms with van der Waals surface area (Å²) in [4.78, 5) is 4.13. The van der Waals surface area contributed by atoms with Crippen LogP contribution in [0.1, 0.15) is 36.7 Å². The molecule has 0 radical (unpaired) electrons. The first kappa shape index (κ1) is 20.7. The minimum absolute atomic E-state index is 0.0807. The number of hydrogen-bond donors (Lipinski definition) is 2. The van der Waals surface area contributed by atoms with E-state index < -0.39 is 29.5 Å². The summed E-state index contributed by atoms with van der Waals surface area (Å²) in [6.45, 7) is 3.60. The largest absolute Gasteiger partial charge is 0.435 e. The van der Waals surface area contributed by atoms with E-state index in [1.54, 1.807) is 13.8 Å². The van der Waals surface area contributed by atoms with E-state index in [0.29, 0.717) is 6.54 Å². The average molecular weight is 389 g/mol. The van der Waals surface area contributed by atoms with E-state index in [0.717, 1.165) is 16.8 Å². The molecular weight excluding hydrogens is 369 g/mol. The Balaban J connectivity index is 2.20. The van der Waals surface area contributed by atoms with Crippen molar-refractivity contribution >= 4 is 5.96 Å². The molecule has 1 aromatic carbocycles. The van der Waals surface area contributed by atoms with E-state index in [9.17, 15) is 22.0 Å². The van der Waals surface area contributed by atoms with Gasteiger partial charge in [0.2, 0.25) is 0 Å². The second-order valence-electron chi connectivity index (χ2n) is 5.90. The highest BCUT2D eigenvalue weighted by Crippen LogP contribution is 2.30. The van der Waals surface area contributed by atoms with Crippen molar-refractivity contribution in [1.29, 1.82) is 0 Å². The third-order valence-corrected chi connectivity index (χ3v) is 3.71. The Labute approximate surface area is 153 Å². The van der Waals surface area contributed by atoms with Gasteiger partial charge in [-0.05, 0) is 19.9 Å². The van der Waals surface area contributed by atoms with Crippen LogP contribution in [0.25, 0.3) is 0 Å². The highest BCUT2D eigenvalue weighted by Gasteiger charge is 2.36. The SMILES string of the molecule is CCNC(=NCc1cn(C)nc1C(F)(F)F)NC(C)c1ccc(F)cc1F. The van der Waals surface area contributed by atoms with Crippen LogP contribution in [-0.4, -0.2) is 22.3 Å². The summed E-state index contributed by atoms with van der Waals surface area (Å²) in [6.07, 6.45) is -3.33. The fourth-order valence-corrected chi connectivity index (χ4v) is 2.51. The second kappa shape index (κ2) is 8.36. The summed E-state index contributed by atoms with van der Waals surface area (Å²) in [7, 11) is 1.39. The molecule has 0 aliphatic heterocycles. The van der Waals surface area contributed by atoms with Crippen LogP contribution in [0.3, 0.4) is 0 Å². The molecule has 0 bridgehead atoms. The molecule has 2 rings (SSSR count). The summed E-state index contributed by atoms with van der Waals surface area (Å²) in [5, 5.41) is 9.21. The van der Waals surface area contributed by atoms with Crippen LogP contribution < -0.4 is 10.6 Å². The number of benzene rings is 1. The molecule has 148 valence electrons. The van der Waals surface area contributed by atoms with Crippen LogP contribution in [0.5, 0.6) is 0 Å². The van der Waals surface area contributed by atoms with Crippen LogP contribution in [0.4, 0.5) is 22.0 Å². The van der Waals surface area contributed by atoms with Crippen LogP contribution >= 0.6 is 0 Å². The normalized spacial score (nSPS) is 13.6. The van der Waals surface area contributed by atoms with E-state index in [1.807, 2.05) is 0 Å². The number of aryl methyl sites for hydroxylation is 1. The van der Waals surface area contributed by atoms with Gasteiger partial charge in [0, 0.05) is 37.0 Å². The summed E-state index contributed by atoms with van der Waals surface area (Å²) >= 11 is 0. The van der Waals surface area contributed by atoms with Crippen molar-refractivity contribution in [1.82, 2.24) is 20.4 Å². The van der Waals surface area contributed by atoms with Crippen molar-refractivity contribution < 1.29 is 22.0 Å². The number of nitrogens with zero attached hydrogens (tertiary/aromatic N) is 3. The van der Waals surface area contributed by atoms with Crippen molar-refractivity contribution in [2.75, 3.05) is 6.54 Å². The van der Waals surface area contributed by atoms with Gasteiger partial charge in [0.25, 0.3) is 0 Å². The zero-order valence-electron chi connectivity index (χ0n) is 15.0. The minimum atomic E-state index is -4.58. The van der Waals surface area contributed by atoms with Gasteiger partial charge in [-0.15, -0.1) is 0 Å². The van der Waals surface area contributed by atoms with Crippen LogP contribution in [0, 0.1) is 11.6 Å². The van der Waals surface area contributed by atoms with Gasteiger partial charge in [0.05, 0.1) is 12.6 Å². The quantitative estimate of drug-likeness (QED) is 0.467. The van der Waals surface area contributed by atoms with Gasteiger partial charge in [0.1, 0.15) is 11.6 Å². The molecule has 0 aliphatic carbocycles. The molecule has 0 amide bonds. The number of nitrogens with one attached hydrogen (secondary N) is 2. The van der Waals surface area contributed by atoms with Gasteiger partial charge in [-0.25, -0.2) is 13.8 Å². The first-order valence-corrected chi connectivity index (χ1v) is 8.21. The molecule has 0 spiro atoms. The lowest BCUT2D eigenvalue weighted by Crippen LogP contribution is -2.39. The number of alkyl halides is 3. The molecule has 2 N–H and O–H groups in total. The molecule has 0 fully saturated rings. The van der Waals surface area contributed by atoms with Gasteiger partial charge >= 0.3 is 6.18 Å². The number of aliphatic imine (C=N–C) groups is 1. The number of aromatic nitrogens is 2. The van der Waals surface area contributed by atoms with Crippen molar-refractivity contribution in [3.8, 4) is 0 Å². The molecule has 1 aromatic heterocycles. The van der Waals surface area contributed by atoms with Crippen molar-refractivity contribution in [2.24, 2.45) is 12.0 Å². The first-order chi connectivity index (χ1) is 12.6. The minimum Gasteiger partial charge on any atom is -0.357 e. The highest BCUT2D eigenvalue weighted by molar-refractivity contribution is 5.80. The third kappa shape index (κ3) is 5.41. The van der Waals surface area contributed by atoms with Crippen molar-refractivity contribution in [2.45, 2.75) is 32.6 Å². The van der Waals surface area contributed by atoms with Gasteiger partial charge in [-0.2, -0.15) is 18.3 Å². The Bertz CT molecular complexity index is 813. The third-order valence-electron chi connectivity index (χ3n) is 3.71.